The normalized spacial score (nSPS) is 16.8. The van der Waals surface area contributed by atoms with Crippen LogP contribution in [0.15, 0.2) is 49.0 Å². The summed E-state index contributed by atoms with van der Waals surface area (Å²) in [4.78, 5) is 0. The van der Waals surface area contributed by atoms with Gasteiger partial charge in [-0.3, -0.25) is 0 Å². The summed E-state index contributed by atoms with van der Waals surface area (Å²) in [7, 11) is 0. The Kier molecular flexibility index (Phi) is 12.5. The zero-order chi connectivity index (χ0) is 23.7. The van der Waals surface area contributed by atoms with Crippen LogP contribution in [0, 0.1) is 0 Å². The third-order valence-electron chi connectivity index (χ3n) is 5.11. The van der Waals surface area contributed by atoms with Crippen LogP contribution in [0.3, 0.4) is 0 Å². The van der Waals surface area contributed by atoms with E-state index in [9.17, 15) is 0 Å². The first-order valence-corrected chi connectivity index (χ1v) is 11.8. The minimum atomic E-state index is 0.427. The standard InChI is InChI=1S/C27H36O7/c1-2-23-3-5-25(6-4-23)22-32-10-9-24-7-8-26-27(21-24)34-20-18-31-16-14-29-12-11-28-13-15-30-17-19-33-26/h2-8,21H,1,9-20,22H2. The van der Waals surface area contributed by atoms with Crippen molar-refractivity contribution in [2.24, 2.45) is 0 Å². The summed E-state index contributed by atoms with van der Waals surface area (Å²) in [5, 5.41) is 0. The van der Waals surface area contributed by atoms with Crippen LogP contribution in [0.25, 0.3) is 6.08 Å². The van der Waals surface area contributed by atoms with Gasteiger partial charge in [-0.1, -0.05) is 43.0 Å². The van der Waals surface area contributed by atoms with E-state index in [4.69, 9.17) is 33.2 Å². The number of ether oxygens (including phenoxy) is 7. The summed E-state index contributed by atoms with van der Waals surface area (Å²) in [6.07, 6.45) is 2.61. The molecule has 0 spiro atoms. The molecule has 0 unspecified atom stereocenters. The molecule has 0 N–H and O–H groups in total. The van der Waals surface area contributed by atoms with Crippen molar-refractivity contribution < 1.29 is 33.2 Å². The Labute approximate surface area is 202 Å². The van der Waals surface area contributed by atoms with Gasteiger partial charge in [0.1, 0.15) is 13.2 Å². The fraction of sp³-hybridized carbons (Fsp3) is 0.481. The van der Waals surface area contributed by atoms with Gasteiger partial charge in [-0.05, 0) is 35.2 Å². The highest BCUT2D eigenvalue weighted by atomic mass is 16.6. The molecule has 2 aromatic carbocycles. The fourth-order valence-corrected chi connectivity index (χ4v) is 3.25. The van der Waals surface area contributed by atoms with Crippen LogP contribution in [-0.4, -0.2) is 72.7 Å². The van der Waals surface area contributed by atoms with Crippen LogP contribution in [0.5, 0.6) is 11.5 Å². The topological polar surface area (TPSA) is 64.6 Å². The molecule has 0 fully saturated rings. The van der Waals surface area contributed by atoms with Gasteiger partial charge in [0.05, 0.1) is 66.1 Å². The van der Waals surface area contributed by atoms with Gasteiger partial charge in [0.15, 0.2) is 11.5 Å². The van der Waals surface area contributed by atoms with Crippen molar-refractivity contribution in [2.75, 3.05) is 72.7 Å². The highest BCUT2D eigenvalue weighted by Crippen LogP contribution is 2.29. The molecule has 1 aliphatic heterocycles. The van der Waals surface area contributed by atoms with Crippen molar-refractivity contribution in [3.8, 4) is 11.5 Å². The second-order valence-corrected chi connectivity index (χ2v) is 7.68. The molecule has 3 rings (SSSR count). The second kappa shape index (κ2) is 16.2. The molecule has 2 aromatic rings. The van der Waals surface area contributed by atoms with Crippen molar-refractivity contribution in [3.63, 3.8) is 0 Å². The number of hydrogen-bond donors (Lipinski definition) is 0. The fourth-order valence-electron chi connectivity index (χ4n) is 3.25. The Morgan fingerprint density at radius 1 is 0.647 bits per heavy atom. The Hall–Kier alpha value is -2.42. The molecule has 0 atom stereocenters. The molecule has 186 valence electrons. The molecule has 0 aromatic heterocycles. The van der Waals surface area contributed by atoms with E-state index >= 15 is 0 Å². The minimum absolute atomic E-state index is 0.427. The monoisotopic (exact) mass is 472 g/mol. The summed E-state index contributed by atoms with van der Waals surface area (Å²) in [5.74, 6) is 1.39. The van der Waals surface area contributed by atoms with Crippen LogP contribution in [0.4, 0.5) is 0 Å². The lowest BCUT2D eigenvalue weighted by molar-refractivity contribution is -0.00842. The molecule has 0 aliphatic carbocycles. The molecule has 0 radical (unpaired) electrons. The average Bonchev–Trinajstić information content (AvgIpc) is 2.87. The zero-order valence-corrected chi connectivity index (χ0v) is 19.9. The summed E-state index contributed by atoms with van der Waals surface area (Å²) < 4.78 is 39.8. The lowest BCUT2D eigenvalue weighted by atomic mass is 10.1. The molecule has 0 bridgehead atoms. The molecule has 1 heterocycles. The highest BCUT2D eigenvalue weighted by Gasteiger charge is 2.08. The number of fused-ring (bicyclic) bond motifs is 1. The first-order chi connectivity index (χ1) is 16.8. The van der Waals surface area contributed by atoms with Gasteiger partial charge in [-0.2, -0.15) is 0 Å². The lowest BCUT2D eigenvalue weighted by Gasteiger charge is -2.15. The highest BCUT2D eigenvalue weighted by molar-refractivity contribution is 5.47. The molecule has 7 nitrogen and oxygen atoms in total. The van der Waals surface area contributed by atoms with Gasteiger partial charge < -0.3 is 33.2 Å². The van der Waals surface area contributed by atoms with Crippen molar-refractivity contribution in [2.45, 2.75) is 13.0 Å². The lowest BCUT2D eigenvalue weighted by Crippen LogP contribution is -2.16. The molecule has 0 saturated carbocycles. The molecule has 1 aliphatic rings. The number of benzene rings is 2. The number of rotatable bonds is 6. The maximum absolute atomic E-state index is 5.97. The van der Waals surface area contributed by atoms with Crippen LogP contribution in [-0.2, 0) is 36.7 Å². The maximum atomic E-state index is 5.97. The third kappa shape index (κ3) is 10.2. The van der Waals surface area contributed by atoms with Gasteiger partial charge >= 0.3 is 0 Å². The summed E-state index contributed by atoms with van der Waals surface area (Å²) in [5.41, 5.74) is 3.37. The Bertz CT molecular complexity index is 822. The van der Waals surface area contributed by atoms with Crippen LogP contribution < -0.4 is 9.47 Å². The molecule has 34 heavy (non-hydrogen) atoms. The maximum Gasteiger partial charge on any atom is 0.161 e. The molecular weight excluding hydrogens is 436 g/mol. The van der Waals surface area contributed by atoms with E-state index in [2.05, 4.69) is 18.7 Å². The van der Waals surface area contributed by atoms with Crippen LogP contribution >= 0.6 is 0 Å². The van der Waals surface area contributed by atoms with E-state index < -0.39 is 0 Å². The first-order valence-electron chi connectivity index (χ1n) is 11.8. The van der Waals surface area contributed by atoms with E-state index in [1.54, 1.807) is 0 Å². The van der Waals surface area contributed by atoms with Crippen molar-refractivity contribution in [1.29, 1.82) is 0 Å². The van der Waals surface area contributed by atoms with Gasteiger partial charge in [0, 0.05) is 0 Å². The van der Waals surface area contributed by atoms with Crippen molar-refractivity contribution in [1.82, 2.24) is 0 Å². The molecule has 0 amide bonds. The van der Waals surface area contributed by atoms with Gasteiger partial charge in [0.2, 0.25) is 0 Å². The largest absolute Gasteiger partial charge is 0.487 e. The summed E-state index contributed by atoms with van der Waals surface area (Å²) in [6, 6.07) is 14.2. The van der Waals surface area contributed by atoms with Crippen molar-refractivity contribution in [3.05, 3.63) is 65.7 Å². The Morgan fingerprint density at radius 2 is 1.18 bits per heavy atom. The third-order valence-corrected chi connectivity index (χ3v) is 5.11. The predicted molar refractivity (Wildman–Crippen MR) is 131 cm³/mol. The van der Waals surface area contributed by atoms with E-state index in [1.807, 2.05) is 36.4 Å². The van der Waals surface area contributed by atoms with E-state index in [-0.39, 0.29) is 0 Å². The molecule has 0 saturated heterocycles. The van der Waals surface area contributed by atoms with E-state index in [0.717, 1.165) is 23.1 Å². The van der Waals surface area contributed by atoms with Gasteiger partial charge in [-0.25, -0.2) is 0 Å². The molecular formula is C27H36O7. The van der Waals surface area contributed by atoms with Gasteiger partial charge in [-0.15, -0.1) is 0 Å². The van der Waals surface area contributed by atoms with E-state index in [1.165, 1.54) is 0 Å². The summed E-state index contributed by atoms with van der Waals surface area (Å²) in [6.45, 7) is 9.98. The Morgan fingerprint density at radius 3 is 1.76 bits per heavy atom. The second-order valence-electron chi connectivity index (χ2n) is 7.68. The van der Waals surface area contributed by atoms with E-state index in [0.29, 0.717) is 90.8 Å². The Balaban J connectivity index is 1.49. The SMILES string of the molecule is C=Cc1ccc(COCCc2ccc3c(c2)OCCOCCOCCOCCOCCO3)cc1. The quantitative estimate of drug-likeness (QED) is 0.591. The number of hydrogen-bond acceptors (Lipinski definition) is 7. The zero-order valence-electron chi connectivity index (χ0n) is 19.9. The van der Waals surface area contributed by atoms with Crippen LogP contribution in [0.1, 0.15) is 16.7 Å². The summed E-state index contributed by atoms with van der Waals surface area (Å²) >= 11 is 0. The predicted octanol–water partition coefficient (Wildman–Crippen LogP) is 3.93. The average molecular weight is 473 g/mol. The first kappa shape index (κ1) is 26.2. The van der Waals surface area contributed by atoms with Crippen LogP contribution in [0.2, 0.25) is 0 Å². The minimum Gasteiger partial charge on any atom is -0.487 e. The van der Waals surface area contributed by atoms with Gasteiger partial charge in [0.25, 0.3) is 0 Å². The van der Waals surface area contributed by atoms with Crippen molar-refractivity contribution >= 4 is 6.08 Å². The molecule has 7 heteroatoms. The smallest absolute Gasteiger partial charge is 0.161 e.